The van der Waals surface area contributed by atoms with Gasteiger partial charge in [0.1, 0.15) is 11.4 Å². The number of methoxy groups -OCH3 is 1. The van der Waals surface area contributed by atoms with Crippen molar-refractivity contribution in [3.63, 3.8) is 0 Å². The van der Waals surface area contributed by atoms with Gasteiger partial charge >= 0.3 is 6.09 Å². The molecular formula is C21H26IN3O4. The van der Waals surface area contributed by atoms with Crippen LogP contribution in [0.1, 0.15) is 43.7 Å². The van der Waals surface area contributed by atoms with Gasteiger partial charge in [0.05, 0.1) is 16.9 Å². The molecule has 8 heteroatoms. The van der Waals surface area contributed by atoms with Crippen LogP contribution in [-0.2, 0) is 0 Å². The van der Waals surface area contributed by atoms with Crippen molar-refractivity contribution in [3.05, 3.63) is 39.7 Å². The SMILES string of the molecule is COc1cccc(-c2cc3n(c2I)C(CCN(C(=O)O)C(C)(C)C)CNC3=O)c1. The molecule has 0 saturated carbocycles. The Kier molecular flexibility index (Phi) is 6.11. The first-order valence-electron chi connectivity index (χ1n) is 9.47. The molecule has 0 radical (unpaired) electrons. The highest BCUT2D eigenvalue weighted by Gasteiger charge is 2.32. The fourth-order valence-electron chi connectivity index (χ4n) is 3.65. The Morgan fingerprint density at radius 1 is 1.38 bits per heavy atom. The number of rotatable bonds is 5. The van der Waals surface area contributed by atoms with Crippen LogP contribution >= 0.6 is 22.6 Å². The highest BCUT2D eigenvalue weighted by molar-refractivity contribution is 14.1. The monoisotopic (exact) mass is 511 g/mol. The number of carbonyl (C=O) groups is 2. The molecule has 0 saturated heterocycles. The Hall–Kier alpha value is -2.23. The second kappa shape index (κ2) is 8.25. The van der Waals surface area contributed by atoms with Gasteiger partial charge in [0.25, 0.3) is 5.91 Å². The number of carbonyl (C=O) groups excluding carboxylic acids is 1. The van der Waals surface area contributed by atoms with Crippen molar-refractivity contribution >= 4 is 34.6 Å². The number of hydrogen-bond acceptors (Lipinski definition) is 3. The van der Waals surface area contributed by atoms with Crippen molar-refractivity contribution in [2.24, 2.45) is 0 Å². The molecule has 0 aliphatic carbocycles. The van der Waals surface area contributed by atoms with E-state index in [2.05, 4.69) is 27.9 Å². The molecule has 3 rings (SSSR count). The molecule has 2 heterocycles. The molecule has 0 spiro atoms. The van der Waals surface area contributed by atoms with Crippen LogP contribution in [0.3, 0.4) is 0 Å². The molecule has 1 aliphatic heterocycles. The number of fused-ring (bicyclic) bond motifs is 1. The summed E-state index contributed by atoms with van der Waals surface area (Å²) in [7, 11) is 1.63. The number of ether oxygens (including phenoxy) is 1. The minimum atomic E-state index is -0.933. The summed E-state index contributed by atoms with van der Waals surface area (Å²) >= 11 is 2.27. The molecule has 29 heavy (non-hydrogen) atoms. The molecule has 0 fully saturated rings. The van der Waals surface area contributed by atoms with Crippen molar-refractivity contribution in [2.45, 2.75) is 38.8 Å². The average Bonchev–Trinajstić information content (AvgIpc) is 3.01. The van der Waals surface area contributed by atoms with Crippen LogP contribution in [0, 0.1) is 3.70 Å². The average molecular weight is 511 g/mol. The molecule has 2 amide bonds. The summed E-state index contributed by atoms with van der Waals surface area (Å²) in [5.41, 5.74) is 2.06. The minimum absolute atomic E-state index is 0.0156. The van der Waals surface area contributed by atoms with Crippen molar-refractivity contribution in [2.75, 3.05) is 20.2 Å². The maximum absolute atomic E-state index is 12.5. The number of amides is 2. The molecule has 1 aromatic heterocycles. The van der Waals surface area contributed by atoms with E-state index < -0.39 is 11.6 Å². The predicted molar refractivity (Wildman–Crippen MR) is 120 cm³/mol. The van der Waals surface area contributed by atoms with Gasteiger partial charge in [-0.3, -0.25) is 4.79 Å². The van der Waals surface area contributed by atoms with E-state index in [9.17, 15) is 14.7 Å². The maximum atomic E-state index is 12.5. The molecule has 1 aliphatic rings. The fraction of sp³-hybridized carbons (Fsp3) is 0.429. The van der Waals surface area contributed by atoms with Crippen molar-refractivity contribution in [1.82, 2.24) is 14.8 Å². The van der Waals surface area contributed by atoms with Crippen LogP contribution in [-0.4, -0.2) is 52.3 Å². The first kappa shape index (κ1) is 21.5. The largest absolute Gasteiger partial charge is 0.497 e. The van der Waals surface area contributed by atoms with E-state index in [0.717, 1.165) is 20.6 Å². The van der Waals surface area contributed by atoms with Gasteiger partial charge in [0.2, 0.25) is 0 Å². The number of benzene rings is 1. The smallest absolute Gasteiger partial charge is 0.407 e. The normalized spacial score (nSPS) is 16.2. The van der Waals surface area contributed by atoms with Crippen molar-refractivity contribution in [3.8, 4) is 16.9 Å². The molecule has 7 nitrogen and oxygen atoms in total. The first-order chi connectivity index (χ1) is 13.6. The Morgan fingerprint density at radius 2 is 2.10 bits per heavy atom. The zero-order valence-corrected chi connectivity index (χ0v) is 19.2. The molecule has 1 aromatic carbocycles. The molecule has 0 bridgehead atoms. The molecule has 2 aromatic rings. The van der Waals surface area contributed by atoms with Gasteiger partial charge < -0.3 is 24.6 Å². The number of nitrogens with zero attached hydrogens (tertiary/aromatic N) is 2. The Balaban J connectivity index is 1.94. The van der Waals surface area contributed by atoms with Crippen LogP contribution in [0.4, 0.5) is 4.79 Å². The lowest BCUT2D eigenvalue weighted by Gasteiger charge is -2.35. The van der Waals surface area contributed by atoms with E-state index >= 15 is 0 Å². The van der Waals surface area contributed by atoms with E-state index in [1.165, 1.54) is 4.90 Å². The quantitative estimate of drug-likeness (QED) is 0.589. The summed E-state index contributed by atoms with van der Waals surface area (Å²) in [5, 5.41) is 12.5. The Labute approximate surface area is 184 Å². The van der Waals surface area contributed by atoms with Gasteiger partial charge in [-0.2, -0.15) is 0 Å². The third-order valence-corrected chi connectivity index (χ3v) is 6.28. The zero-order valence-electron chi connectivity index (χ0n) is 17.0. The van der Waals surface area contributed by atoms with Gasteiger partial charge in [-0.25, -0.2) is 4.79 Å². The van der Waals surface area contributed by atoms with Crippen LogP contribution in [0.25, 0.3) is 11.1 Å². The minimum Gasteiger partial charge on any atom is -0.497 e. The second-order valence-corrected chi connectivity index (χ2v) is 9.12. The number of carboxylic acid groups (broad SMARTS) is 1. The number of halogens is 1. The molecule has 1 atom stereocenters. The zero-order chi connectivity index (χ0) is 21.3. The number of nitrogens with one attached hydrogen (secondary N) is 1. The first-order valence-corrected chi connectivity index (χ1v) is 10.5. The highest BCUT2D eigenvalue weighted by atomic mass is 127. The summed E-state index contributed by atoms with van der Waals surface area (Å²) in [6.07, 6.45) is -0.323. The third-order valence-electron chi connectivity index (χ3n) is 5.18. The maximum Gasteiger partial charge on any atom is 0.407 e. The Bertz CT molecular complexity index is 932. The Morgan fingerprint density at radius 3 is 2.72 bits per heavy atom. The predicted octanol–water partition coefficient (Wildman–Crippen LogP) is 4.22. The topological polar surface area (TPSA) is 83.8 Å². The summed E-state index contributed by atoms with van der Waals surface area (Å²) in [4.78, 5) is 25.6. The number of aromatic nitrogens is 1. The number of hydrogen-bond donors (Lipinski definition) is 2. The molecular weight excluding hydrogens is 485 g/mol. The van der Waals surface area contributed by atoms with Crippen LogP contribution in [0.2, 0.25) is 0 Å². The lowest BCUT2D eigenvalue weighted by atomic mass is 10.0. The van der Waals surface area contributed by atoms with Gasteiger partial charge in [0.15, 0.2) is 0 Å². The third kappa shape index (κ3) is 4.36. The standard InChI is InChI=1S/C21H26IN3O4/c1-21(2,3)24(20(27)28)9-8-14-12-23-19(26)17-11-16(18(22)25(14)17)13-6-5-7-15(10-13)29-4/h5-7,10-11,14H,8-9,12H2,1-4H3,(H,23,26)(H,27,28). The van der Waals surface area contributed by atoms with E-state index in [1.807, 2.05) is 55.7 Å². The van der Waals surface area contributed by atoms with Crippen LogP contribution < -0.4 is 10.1 Å². The summed E-state index contributed by atoms with van der Waals surface area (Å²) < 4.78 is 8.33. The van der Waals surface area contributed by atoms with Crippen LogP contribution in [0.15, 0.2) is 30.3 Å². The van der Waals surface area contributed by atoms with Gasteiger partial charge in [-0.15, -0.1) is 0 Å². The van der Waals surface area contributed by atoms with Gasteiger partial charge in [0, 0.05) is 24.2 Å². The summed E-state index contributed by atoms with van der Waals surface area (Å²) in [6, 6.07) is 9.63. The van der Waals surface area contributed by atoms with E-state index in [-0.39, 0.29) is 11.9 Å². The van der Waals surface area contributed by atoms with E-state index in [4.69, 9.17) is 4.74 Å². The van der Waals surface area contributed by atoms with Gasteiger partial charge in [-0.1, -0.05) is 12.1 Å². The molecule has 1 unspecified atom stereocenters. The molecule has 156 valence electrons. The molecule has 2 N–H and O–H groups in total. The van der Waals surface area contributed by atoms with Crippen LogP contribution in [0.5, 0.6) is 5.75 Å². The van der Waals surface area contributed by atoms with Crippen molar-refractivity contribution in [1.29, 1.82) is 0 Å². The fourth-order valence-corrected chi connectivity index (χ4v) is 4.77. The van der Waals surface area contributed by atoms with Gasteiger partial charge in [-0.05, 0) is 73.5 Å². The highest BCUT2D eigenvalue weighted by Crippen LogP contribution is 2.35. The van der Waals surface area contributed by atoms with Crippen molar-refractivity contribution < 1.29 is 19.4 Å². The van der Waals surface area contributed by atoms with E-state index in [0.29, 0.717) is 25.2 Å². The lowest BCUT2D eigenvalue weighted by Crippen LogP contribution is -2.47. The lowest BCUT2D eigenvalue weighted by molar-refractivity contribution is 0.0865. The van der Waals surface area contributed by atoms with E-state index in [1.54, 1.807) is 7.11 Å². The summed E-state index contributed by atoms with van der Waals surface area (Å²) in [5.74, 6) is 0.643. The summed E-state index contributed by atoms with van der Waals surface area (Å²) in [6.45, 7) is 6.52. The second-order valence-electron chi connectivity index (χ2n) is 8.09.